The van der Waals surface area contributed by atoms with Gasteiger partial charge in [-0.1, -0.05) is 37.6 Å². The molecule has 2 rings (SSSR count). The topological polar surface area (TPSA) is 67.8 Å². The van der Waals surface area contributed by atoms with Crippen molar-refractivity contribution >= 4 is 17.6 Å². The molecule has 29 heavy (non-hydrogen) atoms. The zero-order valence-corrected chi connectivity index (χ0v) is 17.6. The van der Waals surface area contributed by atoms with E-state index in [1.165, 1.54) is 12.1 Å². The molecule has 0 bridgehead atoms. The summed E-state index contributed by atoms with van der Waals surface area (Å²) in [6, 6.07) is 9.00. The third kappa shape index (κ3) is 7.22. The van der Waals surface area contributed by atoms with Gasteiger partial charge < -0.3 is 19.9 Å². The summed E-state index contributed by atoms with van der Waals surface area (Å²) < 4.78 is 24.7. The summed E-state index contributed by atoms with van der Waals surface area (Å²) in [6.45, 7) is 6.87. The third-order valence-corrected chi connectivity index (χ3v) is 4.62. The average molecular weight is 424 g/mol. The van der Waals surface area contributed by atoms with Crippen LogP contribution in [0.2, 0.25) is 5.02 Å². The van der Waals surface area contributed by atoms with E-state index in [0.717, 1.165) is 5.56 Å². The Balaban J connectivity index is 2.08. The first-order valence-electron chi connectivity index (χ1n) is 9.58. The highest BCUT2D eigenvalue weighted by atomic mass is 35.5. The zero-order chi connectivity index (χ0) is 21.4. The van der Waals surface area contributed by atoms with Crippen LogP contribution in [0.4, 0.5) is 4.39 Å². The number of ether oxygens (including phenoxy) is 2. The summed E-state index contributed by atoms with van der Waals surface area (Å²) in [7, 11) is 0. The molecule has 1 atom stereocenters. The predicted molar refractivity (Wildman–Crippen MR) is 111 cm³/mol. The second-order valence-electron chi connectivity index (χ2n) is 7.14. The minimum atomic E-state index is -0.861. The van der Waals surface area contributed by atoms with E-state index >= 15 is 0 Å². The minimum Gasteiger partial charge on any atom is -0.490 e. The van der Waals surface area contributed by atoms with Crippen LogP contribution < -0.4 is 14.8 Å². The van der Waals surface area contributed by atoms with E-state index in [-0.39, 0.29) is 12.5 Å². The summed E-state index contributed by atoms with van der Waals surface area (Å²) in [6.07, 6.45) is 0.549. The van der Waals surface area contributed by atoms with Crippen LogP contribution >= 0.6 is 11.6 Å². The van der Waals surface area contributed by atoms with Crippen molar-refractivity contribution in [3.8, 4) is 11.5 Å². The van der Waals surface area contributed by atoms with Crippen LogP contribution in [0.5, 0.6) is 11.5 Å². The molecule has 0 aliphatic rings. The lowest BCUT2D eigenvalue weighted by atomic mass is 10.0. The monoisotopic (exact) mass is 423 g/mol. The van der Waals surface area contributed by atoms with Crippen molar-refractivity contribution in [3.05, 3.63) is 58.4 Å². The summed E-state index contributed by atoms with van der Waals surface area (Å²) in [5, 5.41) is 12.7. The standard InChI is InChI=1S/C22H27ClFNO4/c1-4-28-21-10-15(12-25-19(22(26)27)9-14(2)3)5-8-20(21)29-13-16-6-7-17(24)11-18(16)23/h5-8,10-11,14,19,25H,4,9,12-13H2,1-3H3,(H,26,27). The minimum absolute atomic E-state index is 0.173. The molecular formula is C22H27ClFNO4. The number of aliphatic carboxylic acids is 1. The van der Waals surface area contributed by atoms with Gasteiger partial charge in [0, 0.05) is 12.1 Å². The molecule has 0 amide bonds. The molecule has 0 saturated carbocycles. The Bertz CT molecular complexity index is 828. The first kappa shape index (κ1) is 23.0. The molecule has 0 aromatic heterocycles. The molecule has 0 heterocycles. The van der Waals surface area contributed by atoms with Gasteiger partial charge in [0.2, 0.25) is 0 Å². The van der Waals surface area contributed by atoms with Crippen LogP contribution in [-0.4, -0.2) is 23.7 Å². The lowest BCUT2D eigenvalue weighted by molar-refractivity contribution is -0.140. The molecule has 1 unspecified atom stereocenters. The van der Waals surface area contributed by atoms with Crippen molar-refractivity contribution in [2.75, 3.05) is 6.61 Å². The summed E-state index contributed by atoms with van der Waals surface area (Å²) in [5.41, 5.74) is 1.55. The fraction of sp³-hybridized carbons (Fsp3) is 0.409. The maximum Gasteiger partial charge on any atom is 0.320 e. The van der Waals surface area contributed by atoms with E-state index in [0.29, 0.717) is 41.7 Å². The number of carboxylic acids is 1. The molecule has 0 radical (unpaired) electrons. The fourth-order valence-electron chi connectivity index (χ4n) is 2.83. The lowest BCUT2D eigenvalue weighted by Crippen LogP contribution is -2.37. The zero-order valence-electron chi connectivity index (χ0n) is 16.9. The Labute approximate surface area is 175 Å². The maximum absolute atomic E-state index is 13.2. The molecule has 0 aliphatic carbocycles. The van der Waals surface area contributed by atoms with Crippen LogP contribution in [0, 0.1) is 11.7 Å². The van der Waals surface area contributed by atoms with Crippen LogP contribution in [0.15, 0.2) is 36.4 Å². The molecular weight excluding hydrogens is 397 g/mol. The Hall–Kier alpha value is -2.31. The van der Waals surface area contributed by atoms with Crippen LogP contribution in [0.25, 0.3) is 0 Å². The van der Waals surface area contributed by atoms with Gasteiger partial charge >= 0.3 is 5.97 Å². The quantitative estimate of drug-likeness (QED) is 0.529. The Morgan fingerprint density at radius 2 is 1.93 bits per heavy atom. The molecule has 0 fully saturated rings. The van der Waals surface area contributed by atoms with E-state index in [1.54, 1.807) is 12.1 Å². The van der Waals surface area contributed by atoms with Gasteiger partial charge in [-0.2, -0.15) is 0 Å². The maximum atomic E-state index is 13.2. The van der Waals surface area contributed by atoms with Gasteiger partial charge in [0.25, 0.3) is 0 Å². The van der Waals surface area contributed by atoms with Crippen LogP contribution in [-0.2, 0) is 17.9 Å². The second kappa shape index (κ2) is 11.0. The third-order valence-electron chi connectivity index (χ3n) is 4.26. The summed E-state index contributed by atoms with van der Waals surface area (Å²) >= 11 is 6.05. The van der Waals surface area contributed by atoms with Crippen molar-refractivity contribution in [3.63, 3.8) is 0 Å². The summed E-state index contributed by atoms with van der Waals surface area (Å²) in [5.74, 6) is 0.105. The van der Waals surface area contributed by atoms with Crippen molar-refractivity contribution in [2.24, 2.45) is 5.92 Å². The smallest absolute Gasteiger partial charge is 0.320 e. The molecule has 5 nitrogen and oxygen atoms in total. The Kier molecular flexibility index (Phi) is 8.73. The van der Waals surface area contributed by atoms with Gasteiger partial charge in [-0.25, -0.2) is 4.39 Å². The molecule has 0 spiro atoms. The first-order valence-corrected chi connectivity index (χ1v) is 9.96. The lowest BCUT2D eigenvalue weighted by Gasteiger charge is -2.18. The Morgan fingerprint density at radius 3 is 2.55 bits per heavy atom. The van der Waals surface area contributed by atoms with Gasteiger partial charge in [0.1, 0.15) is 18.5 Å². The molecule has 0 aliphatic heterocycles. The average Bonchev–Trinajstić information content (AvgIpc) is 2.65. The van der Waals surface area contributed by atoms with Gasteiger partial charge in [-0.3, -0.25) is 4.79 Å². The molecule has 2 aromatic carbocycles. The van der Waals surface area contributed by atoms with Gasteiger partial charge in [0.15, 0.2) is 11.5 Å². The van der Waals surface area contributed by atoms with Crippen LogP contribution in [0.1, 0.15) is 38.3 Å². The number of halogens is 2. The Morgan fingerprint density at radius 1 is 1.17 bits per heavy atom. The highest BCUT2D eigenvalue weighted by Gasteiger charge is 2.18. The SMILES string of the molecule is CCOc1cc(CNC(CC(C)C)C(=O)O)ccc1OCc1ccc(F)cc1Cl. The van der Waals surface area contributed by atoms with E-state index in [2.05, 4.69) is 5.32 Å². The van der Waals surface area contributed by atoms with Crippen molar-refractivity contribution in [1.82, 2.24) is 5.32 Å². The van der Waals surface area contributed by atoms with Gasteiger partial charge in [0.05, 0.1) is 11.6 Å². The highest BCUT2D eigenvalue weighted by molar-refractivity contribution is 6.31. The fourth-order valence-corrected chi connectivity index (χ4v) is 3.05. The van der Waals surface area contributed by atoms with Crippen molar-refractivity contribution < 1.29 is 23.8 Å². The highest BCUT2D eigenvalue weighted by Crippen LogP contribution is 2.30. The van der Waals surface area contributed by atoms with Gasteiger partial charge in [-0.15, -0.1) is 0 Å². The number of carboxylic acid groups (broad SMARTS) is 1. The number of carbonyl (C=O) groups is 1. The number of hydrogen-bond acceptors (Lipinski definition) is 4. The second-order valence-corrected chi connectivity index (χ2v) is 7.55. The molecule has 7 heteroatoms. The normalized spacial score (nSPS) is 12.1. The number of hydrogen-bond donors (Lipinski definition) is 2. The van der Waals surface area contributed by atoms with E-state index in [9.17, 15) is 14.3 Å². The molecule has 158 valence electrons. The van der Waals surface area contributed by atoms with Crippen molar-refractivity contribution in [2.45, 2.75) is 46.4 Å². The van der Waals surface area contributed by atoms with E-state index in [4.69, 9.17) is 21.1 Å². The predicted octanol–water partition coefficient (Wildman–Crippen LogP) is 5.05. The van der Waals surface area contributed by atoms with Gasteiger partial charge in [-0.05, 0) is 49.1 Å². The summed E-state index contributed by atoms with van der Waals surface area (Å²) in [4.78, 5) is 11.4. The largest absolute Gasteiger partial charge is 0.490 e. The van der Waals surface area contributed by atoms with E-state index < -0.39 is 17.8 Å². The van der Waals surface area contributed by atoms with E-state index in [1.807, 2.05) is 32.9 Å². The van der Waals surface area contributed by atoms with Crippen LogP contribution in [0.3, 0.4) is 0 Å². The number of rotatable bonds is 11. The molecule has 2 aromatic rings. The molecule has 0 saturated heterocycles. The first-order chi connectivity index (χ1) is 13.8. The number of benzene rings is 2. The molecule has 2 N–H and O–H groups in total. The number of nitrogens with one attached hydrogen (secondary N) is 1. The van der Waals surface area contributed by atoms with Crippen molar-refractivity contribution in [1.29, 1.82) is 0 Å².